The minimum atomic E-state index is -0.172. The van der Waals surface area contributed by atoms with Gasteiger partial charge in [0, 0.05) is 5.75 Å². The first kappa shape index (κ1) is 23.2. The highest BCUT2D eigenvalue weighted by molar-refractivity contribution is 8.03. The fourth-order valence-corrected chi connectivity index (χ4v) is 5.71. The van der Waals surface area contributed by atoms with Crippen molar-refractivity contribution in [2.45, 2.75) is 21.4 Å². The number of benzene rings is 3. The molecule has 1 heterocycles. The summed E-state index contributed by atoms with van der Waals surface area (Å²) >= 11 is 4.52. The Morgan fingerprint density at radius 2 is 1.45 bits per heavy atom. The van der Waals surface area contributed by atoms with E-state index in [0.29, 0.717) is 0 Å². The van der Waals surface area contributed by atoms with Crippen LogP contribution in [0.5, 0.6) is 0 Å². The van der Waals surface area contributed by atoms with E-state index < -0.39 is 0 Å². The highest BCUT2D eigenvalue weighted by atomic mass is 32.2. The average molecular weight is 491 g/mol. The van der Waals surface area contributed by atoms with Crippen LogP contribution in [0.25, 0.3) is 11.1 Å². The van der Waals surface area contributed by atoms with E-state index in [1.165, 1.54) is 34.2 Å². The van der Waals surface area contributed by atoms with Crippen LogP contribution in [0.1, 0.15) is 18.1 Å². The Bertz CT molecular complexity index is 1210. The predicted octanol–water partition coefficient (Wildman–Crippen LogP) is 6.13. The molecule has 0 atom stereocenters. The third-order valence-corrected chi connectivity index (χ3v) is 7.94. The molecular formula is C25H22N4OS3. The van der Waals surface area contributed by atoms with Crippen molar-refractivity contribution in [3.05, 3.63) is 96.1 Å². The molecule has 1 N–H and O–H groups in total. The van der Waals surface area contributed by atoms with Crippen molar-refractivity contribution in [2.75, 3.05) is 5.75 Å². The molecule has 0 bridgehead atoms. The van der Waals surface area contributed by atoms with Crippen LogP contribution < -0.4 is 5.43 Å². The summed E-state index contributed by atoms with van der Waals surface area (Å²) in [4.78, 5) is 12.2. The topological polar surface area (TPSA) is 67.2 Å². The largest absolute Gasteiger partial charge is 0.272 e. The second kappa shape index (κ2) is 11.8. The molecule has 0 fully saturated rings. The maximum atomic E-state index is 12.2. The Kier molecular flexibility index (Phi) is 8.30. The van der Waals surface area contributed by atoms with Crippen LogP contribution in [-0.2, 0) is 10.5 Å². The van der Waals surface area contributed by atoms with Crippen LogP contribution in [0.3, 0.4) is 0 Å². The van der Waals surface area contributed by atoms with Crippen molar-refractivity contribution in [1.82, 2.24) is 15.6 Å². The van der Waals surface area contributed by atoms with E-state index in [1.54, 1.807) is 11.8 Å². The lowest BCUT2D eigenvalue weighted by Gasteiger charge is -2.05. The Labute approximate surface area is 205 Å². The molecule has 0 spiro atoms. The molecule has 0 radical (unpaired) electrons. The molecule has 0 unspecified atom stereocenters. The molecule has 4 rings (SSSR count). The summed E-state index contributed by atoms with van der Waals surface area (Å²) in [6, 6.07) is 28.6. The fraction of sp³-hybridized carbons (Fsp3) is 0.120. The van der Waals surface area contributed by atoms with E-state index in [4.69, 9.17) is 0 Å². The minimum Gasteiger partial charge on any atom is -0.272 e. The molecule has 5 nitrogen and oxygen atoms in total. The summed E-state index contributed by atoms with van der Waals surface area (Å²) in [7, 11) is 0. The van der Waals surface area contributed by atoms with Gasteiger partial charge in [-0.05, 0) is 29.2 Å². The van der Waals surface area contributed by atoms with E-state index in [2.05, 4.69) is 57.1 Å². The molecule has 0 aliphatic carbocycles. The van der Waals surface area contributed by atoms with Gasteiger partial charge in [0.1, 0.15) is 0 Å². The number of nitrogens with zero attached hydrogens (tertiary/aromatic N) is 3. The summed E-state index contributed by atoms with van der Waals surface area (Å²) in [6.45, 7) is 1.88. The van der Waals surface area contributed by atoms with Gasteiger partial charge >= 0.3 is 0 Å². The predicted molar refractivity (Wildman–Crippen MR) is 139 cm³/mol. The van der Waals surface area contributed by atoms with Gasteiger partial charge in [-0.15, -0.1) is 10.2 Å². The van der Waals surface area contributed by atoms with Gasteiger partial charge in [0.05, 0.1) is 11.5 Å². The summed E-state index contributed by atoms with van der Waals surface area (Å²) in [6.07, 6.45) is 0. The number of thioether (sulfide) groups is 2. The van der Waals surface area contributed by atoms with Gasteiger partial charge < -0.3 is 0 Å². The van der Waals surface area contributed by atoms with Crippen LogP contribution in [0, 0.1) is 0 Å². The van der Waals surface area contributed by atoms with Crippen molar-refractivity contribution in [3.8, 4) is 11.1 Å². The number of nitrogens with one attached hydrogen (secondary N) is 1. The summed E-state index contributed by atoms with van der Waals surface area (Å²) in [5.41, 5.74) is 7.91. The first-order valence-corrected chi connectivity index (χ1v) is 13.1. The molecule has 0 aliphatic rings. The van der Waals surface area contributed by atoms with Crippen molar-refractivity contribution in [1.29, 1.82) is 0 Å². The third-order valence-electron chi connectivity index (χ3n) is 4.68. The van der Waals surface area contributed by atoms with Crippen LogP contribution in [0.15, 0.2) is 98.7 Å². The highest BCUT2D eigenvalue weighted by Gasteiger charge is 2.09. The molecule has 0 aliphatic heterocycles. The van der Waals surface area contributed by atoms with Crippen molar-refractivity contribution < 1.29 is 4.79 Å². The summed E-state index contributed by atoms with van der Waals surface area (Å²) in [5, 5.41) is 12.6. The van der Waals surface area contributed by atoms with Crippen molar-refractivity contribution in [3.63, 3.8) is 0 Å². The summed E-state index contributed by atoms with van der Waals surface area (Å²) < 4.78 is 1.67. The second-order valence-electron chi connectivity index (χ2n) is 7.07. The van der Waals surface area contributed by atoms with Gasteiger partial charge in [-0.2, -0.15) is 5.10 Å². The first-order chi connectivity index (χ1) is 16.2. The zero-order valence-corrected chi connectivity index (χ0v) is 20.4. The number of rotatable bonds is 9. The molecule has 4 aromatic rings. The number of hydrogen-bond donors (Lipinski definition) is 1. The number of amides is 1. The second-order valence-corrected chi connectivity index (χ2v) is 10.5. The molecule has 1 aromatic heterocycles. The number of hydrazone groups is 1. The maximum absolute atomic E-state index is 12.2. The number of carbonyl (C=O) groups excluding carboxylic acids is 1. The zero-order valence-electron chi connectivity index (χ0n) is 18.0. The third kappa shape index (κ3) is 7.02. The van der Waals surface area contributed by atoms with Crippen LogP contribution in [-0.4, -0.2) is 27.6 Å². The smallest absolute Gasteiger partial charge is 0.250 e. The van der Waals surface area contributed by atoms with Crippen LogP contribution in [0.2, 0.25) is 0 Å². The molecule has 3 aromatic carbocycles. The average Bonchev–Trinajstić information content (AvgIpc) is 3.34. The number of aromatic nitrogens is 2. The van der Waals surface area contributed by atoms with E-state index in [9.17, 15) is 4.79 Å². The van der Waals surface area contributed by atoms with Gasteiger partial charge in [0.15, 0.2) is 8.68 Å². The molecule has 0 saturated heterocycles. The molecule has 166 valence electrons. The van der Waals surface area contributed by atoms with E-state index >= 15 is 0 Å². The minimum absolute atomic E-state index is 0.172. The molecular weight excluding hydrogens is 469 g/mol. The lowest BCUT2D eigenvalue weighted by molar-refractivity contribution is -0.118. The SMILES string of the molecule is C/C(=N/NC(=O)CSc1nnc(SCc2ccccc2)s1)c1ccc(-c2ccccc2)cc1. The van der Waals surface area contributed by atoms with Gasteiger partial charge in [0.2, 0.25) is 0 Å². The Morgan fingerprint density at radius 1 is 0.848 bits per heavy atom. The maximum Gasteiger partial charge on any atom is 0.250 e. The van der Waals surface area contributed by atoms with Gasteiger partial charge in [-0.3, -0.25) is 4.79 Å². The molecule has 8 heteroatoms. The van der Waals surface area contributed by atoms with Gasteiger partial charge in [0.25, 0.3) is 5.91 Å². The number of carbonyl (C=O) groups is 1. The molecule has 33 heavy (non-hydrogen) atoms. The number of hydrogen-bond acceptors (Lipinski definition) is 7. The lowest BCUT2D eigenvalue weighted by Crippen LogP contribution is -2.21. The summed E-state index contributed by atoms with van der Waals surface area (Å²) in [5.74, 6) is 0.914. The standard InChI is InChI=1S/C25H22N4OS3/c1-18(20-12-14-22(15-13-20)21-10-6-3-7-11-21)26-27-23(30)17-32-25-29-28-24(33-25)31-16-19-8-4-2-5-9-19/h2-15H,16-17H2,1H3,(H,27,30)/b26-18-. The van der Waals surface area contributed by atoms with Crippen molar-refractivity contribution >= 4 is 46.5 Å². The Hall–Kier alpha value is -2.94. The quantitative estimate of drug-likeness (QED) is 0.174. The normalized spacial score (nSPS) is 11.4. The van der Waals surface area contributed by atoms with Gasteiger partial charge in [-0.25, -0.2) is 5.43 Å². The molecule has 1 amide bonds. The van der Waals surface area contributed by atoms with E-state index in [-0.39, 0.29) is 11.7 Å². The van der Waals surface area contributed by atoms with Crippen LogP contribution >= 0.6 is 34.9 Å². The monoisotopic (exact) mass is 490 g/mol. The first-order valence-electron chi connectivity index (χ1n) is 10.3. The highest BCUT2D eigenvalue weighted by Crippen LogP contribution is 2.30. The lowest BCUT2D eigenvalue weighted by atomic mass is 10.0. The Balaban J connectivity index is 1.24. The van der Waals surface area contributed by atoms with Crippen LogP contribution in [0.4, 0.5) is 0 Å². The van der Waals surface area contributed by atoms with Crippen molar-refractivity contribution in [2.24, 2.45) is 5.10 Å². The van der Waals surface area contributed by atoms with E-state index in [1.807, 2.05) is 55.5 Å². The fourth-order valence-electron chi connectivity index (χ4n) is 2.94. The Morgan fingerprint density at radius 3 is 2.15 bits per heavy atom. The molecule has 0 saturated carbocycles. The van der Waals surface area contributed by atoms with Gasteiger partial charge in [-0.1, -0.05) is 120 Å². The van der Waals surface area contributed by atoms with E-state index in [0.717, 1.165) is 31.3 Å². The zero-order chi connectivity index (χ0) is 22.9.